The molecule has 0 bridgehead atoms. The van der Waals surface area contributed by atoms with Crippen molar-refractivity contribution in [2.45, 2.75) is 25.6 Å². The molecule has 0 radical (unpaired) electrons. The van der Waals surface area contributed by atoms with E-state index in [-0.39, 0.29) is 29.9 Å². The molecule has 9 heteroatoms. The number of nitrogens with zero attached hydrogens (tertiary/aromatic N) is 3. The molecule has 2 aliphatic heterocycles. The highest BCUT2D eigenvalue weighted by atomic mass is 16.5. The molecule has 2 fully saturated rings. The van der Waals surface area contributed by atoms with E-state index in [1.807, 2.05) is 25.9 Å². The molecule has 2 aliphatic rings. The Labute approximate surface area is 159 Å². The lowest BCUT2D eigenvalue weighted by molar-refractivity contribution is -0.143. The first-order valence-corrected chi connectivity index (χ1v) is 9.39. The fourth-order valence-electron chi connectivity index (χ4n) is 3.55. The standard InChI is InChI=1S/C18H29N5O4/c1-12-6-16(21-20-12)17(24)19-8-14-7-13(11-27-14)18(25)23-4-5-26-15(10-23)9-22(2)3/h6,13-15H,4-5,7-11H2,1-3H3,(H,19,24)(H,20,21)/t13-,14-,15?/m0/s1. The van der Waals surface area contributed by atoms with Crippen LogP contribution in [-0.2, 0) is 14.3 Å². The van der Waals surface area contributed by atoms with Crippen molar-refractivity contribution < 1.29 is 19.1 Å². The van der Waals surface area contributed by atoms with Crippen molar-refractivity contribution >= 4 is 11.8 Å². The van der Waals surface area contributed by atoms with Crippen molar-refractivity contribution in [3.8, 4) is 0 Å². The van der Waals surface area contributed by atoms with Crippen molar-refractivity contribution in [3.63, 3.8) is 0 Å². The average molecular weight is 379 g/mol. The van der Waals surface area contributed by atoms with Crippen molar-refractivity contribution in [2.75, 3.05) is 53.5 Å². The fourth-order valence-corrected chi connectivity index (χ4v) is 3.55. The second-order valence-corrected chi connectivity index (χ2v) is 7.57. The van der Waals surface area contributed by atoms with Crippen LogP contribution in [-0.4, -0.2) is 97.5 Å². The summed E-state index contributed by atoms with van der Waals surface area (Å²) in [5.74, 6) is -0.270. The number of amides is 2. The third-order valence-corrected chi connectivity index (χ3v) is 4.88. The topological polar surface area (TPSA) is 99.8 Å². The van der Waals surface area contributed by atoms with Crippen LogP contribution in [0.5, 0.6) is 0 Å². The van der Waals surface area contributed by atoms with Crippen LogP contribution >= 0.6 is 0 Å². The molecule has 27 heavy (non-hydrogen) atoms. The molecule has 3 atom stereocenters. The molecule has 0 spiro atoms. The van der Waals surface area contributed by atoms with Gasteiger partial charge in [0.05, 0.1) is 31.3 Å². The van der Waals surface area contributed by atoms with Crippen LogP contribution in [0.15, 0.2) is 6.07 Å². The number of nitrogens with one attached hydrogen (secondary N) is 2. The van der Waals surface area contributed by atoms with E-state index in [0.717, 1.165) is 12.2 Å². The number of carbonyl (C=O) groups is 2. The molecule has 2 saturated heterocycles. The molecule has 3 rings (SSSR count). The van der Waals surface area contributed by atoms with Crippen LogP contribution < -0.4 is 5.32 Å². The molecular weight excluding hydrogens is 350 g/mol. The number of ether oxygens (including phenoxy) is 2. The van der Waals surface area contributed by atoms with E-state index < -0.39 is 0 Å². The normalized spacial score (nSPS) is 25.8. The van der Waals surface area contributed by atoms with Gasteiger partial charge in [-0.1, -0.05) is 0 Å². The predicted molar refractivity (Wildman–Crippen MR) is 98.4 cm³/mol. The highest BCUT2D eigenvalue weighted by Crippen LogP contribution is 2.22. The van der Waals surface area contributed by atoms with Gasteiger partial charge in [0.2, 0.25) is 5.91 Å². The van der Waals surface area contributed by atoms with Gasteiger partial charge in [0.25, 0.3) is 5.91 Å². The fraction of sp³-hybridized carbons (Fsp3) is 0.722. The van der Waals surface area contributed by atoms with Crippen LogP contribution in [0, 0.1) is 12.8 Å². The Morgan fingerprint density at radius 2 is 2.19 bits per heavy atom. The first-order chi connectivity index (χ1) is 12.9. The lowest BCUT2D eigenvalue weighted by Gasteiger charge is -2.35. The summed E-state index contributed by atoms with van der Waals surface area (Å²) in [4.78, 5) is 28.8. The van der Waals surface area contributed by atoms with Gasteiger partial charge in [0, 0.05) is 31.9 Å². The highest BCUT2D eigenvalue weighted by molar-refractivity contribution is 5.92. The Bertz CT molecular complexity index is 662. The second-order valence-electron chi connectivity index (χ2n) is 7.57. The van der Waals surface area contributed by atoms with Gasteiger partial charge in [-0.2, -0.15) is 5.10 Å². The summed E-state index contributed by atoms with van der Waals surface area (Å²) < 4.78 is 11.5. The number of carbonyl (C=O) groups excluding carboxylic acids is 2. The number of aromatic nitrogens is 2. The molecule has 150 valence electrons. The maximum atomic E-state index is 12.8. The number of H-pyrrole nitrogens is 1. The molecule has 2 amide bonds. The summed E-state index contributed by atoms with van der Waals surface area (Å²) in [6, 6.07) is 1.69. The van der Waals surface area contributed by atoms with Crippen LogP contribution in [0.1, 0.15) is 22.6 Å². The third-order valence-electron chi connectivity index (χ3n) is 4.88. The van der Waals surface area contributed by atoms with E-state index >= 15 is 0 Å². The smallest absolute Gasteiger partial charge is 0.271 e. The van der Waals surface area contributed by atoms with E-state index in [1.165, 1.54) is 0 Å². The number of rotatable bonds is 6. The largest absolute Gasteiger partial charge is 0.376 e. The minimum absolute atomic E-state index is 0.0485. The van der Waals surface area contributed by atoms with Crippen molar-refractivity contribution in [1.29, 1.82) is 0 Å². The van der Waals surface area contributed by atoms with Crippen molar-refractivity contribution in [1.82, 2.24) is 25.3 Å². The monoisotopic (exact) mass is 379 g/mol. The van der Waals surface area contributed by atoms with Gasteiger partial charge in [0.1, 0.15) is 5.69 Å². The molecule has 1 aromatic heterocycles. The van der Waals surface area contributed by atoms with E-state index in [4.69, 9.17) is 9.47 Å². The molecular formula is C18H29N5O4. The third kappa shape index (κ3) is 5.27. The number of hydrogen-bond acceptors (Lipinski definition) is 6. The zero-order valence-corrected chi connectivity index (χ0v) is 16.2. The SMILES string of the molecule is Cc1cc(C(=O)NC[C@@H]2C[C@H](C(=O)N3CCOC(CN(C)C)C3)CO2)n[nH]1. The van der Waals surface area contributed by atoms with Gasteiger partial charge < -0.3 is 24.6 Å². The first-order valence-electron chi connectivity index (χ1n) is 9.39. The molecule has 1 aromatic rings. The lowest BCUT2D eigenvalue weighted by Crippen LogP contribution is -2.50. The molecule has 2 N–H and O–H groups in total. The van der Waals surface area contributed by atoms with Crippen LogP contribution in [0.4, 0.5) is 0 Å². The molecule has 0 aliphatic carbocycles. The Kier molecular flexibility index (Phi) is 6.46. The summed E-state index contributed by atoms with van der Waals surface area (Å²) in [5.41, 5.74) is 1.19. The molecule has 0 saturated carbocycles. The van der Waals surface area contributed by atoms with Gasteiger partial charge >= 0.3 is 0 Å². The number of hydrogen-bond donors (Lipinski definition) is 2. The van der Waals surface area contributed by atoms with Gasteiger partial charge in [0.15, 0.2) is 0 Å². The zero-order valence-electron chi connectivity index (χ0n) is 16.2. The summed E-state index contributed by atoms with van der Waals surface area (Å²) in [6.07, 6.45) is 0.517. The minimum Gasteiger partial charge on any atom is -0.376 e. The quantitative estimate of drug-likeness (QED) is 0.700. The summed E-state index contributed by atoms with van der Waals surface area (Å²) in [7, 11) is 4.00. The Morgan fingerprint density at radius 1 is 1.37 bits per heavy atom. The van der Waals surface area contributed by atoms with E-state index in [1.54, 1.807) is 6.07 Å². The second kappa shape index (κ2) is 8.81. The average Bonchev–Trinajstić information content (AvgIpc) is 3.28. The number of morpholine rings is 1. The van der Waals surface area contributed by atoms with E-state index in [9.17, 15) is 9.59 Å². The number of aryl methyl sites for hydroxylation is 1. The van der Waals surface area contributed by atoms with Gasteiger partial charge in [-0.25, -0.2) is 0 Å². The molecule has 9 nitrogen and oxygen atoms in total. The van der Waals surface area contributed by atoms with Crippen LogP contribution in [0.25, 0.3) is 0 Å². The van der Waals surface area contributed by atoms with Gasteiger partial charge in [-0.05, 0) is 33.5 Å². The Hall–Kier alpha value is -1.97. The number of likely N-dealkylation sites (N-methyl/N-ethyl adjacent to an activating group) is 1. The maximum absolute atomic E-state index is 12.8. The van der Waals surface area contributed by atoms with E-state index in [0.29, 0.717) is 45.0 Å². The predicted octanol–water partition coefficient (Wildman–Crippen LogP) is -0.358. The van der Waals surface area contributed by atoms with Crippen LogP contribution in [0.2, 0.25) is 0 Å². The van der Waals surface area contributed by atoms with Crippen LogP contribution in [0.3, 0.4) is 0 Å². The minimum atomic E-state index is -0.238. The van der Waals surface area contributed by atoms with Gasteiger partial charge in [-0.3, -0.25) is 14.7 Å². The molecule has 1 unspecified atom stereocenters. The molecule has 0 aromatic carbocycles. The molecule has 3 heterocycles. The van der Waals surface area contributed by atoms with Gasteiger partial charge in [-0.15, -0.1) is 0 Å². The first kappa shape index (κ1) is 19.8. The summed E-state index contributed by atoms with van der Waals surface area (Å²) in [5, 5.41) is 9.51. The Morgan fingerprint density at radius 3 is 2.89 bits per heavy atom. The lowest BCUT2D eigenvalue weighted by atomic mass is 10.0. The zero-order chi connectivity index (χ0) is 19.4. The summed E-state index contributed by atoms with van der Waals surface area (Å²) >= 11 is 0. The van der Waals surface area contributed by atoms with Crippen molar-refractivity contribution in [2.24, 2.45) is 5.92 Å². The Balaban J connectivity index is 1.44. The van der Waals surface area contributed by atoms with E-state index in [2.05, 4.69) is 20.4 Å². The maximum Gasteiger partial charge on any atom is 0.271 e. The highest BCUT2D eigenvalue weighted by Gasteiger charge is 2.35. The van der Waals surface area contributed by atoms with Crippen molar-refractivity contribution in [3.05, 3.63) is 17.5 Å². The summed E-state index contributed by atoms with van der Waals surface area (Å²) in [6.45, 7) is 5.23. The number of aromatic amines is 1.